The van der Waals surface area contributed by atoms with Crippen LogP contribution in [0.1, 0.15) is 23.6 Å². The van der Waals surface area contributed by atoms with E-state index in [0.717, 1.165) is 27.0 Å². The van der Waals surface area contributed by atoms with Gasteiger partial charge < -0.3 is 4.74 Å². The largest absolute Gasteiger partial charge is 0.488 e. The van der Waals surface area contributed by atoms with Crippen molar-refractivity contribution in [2.24, 2.45) is 4.99 Å². The Bertz CT molecular complexity index is 1170. The topological polar surface area (TPSA) is 41.9 Å². The maximum absolute atomic E-state index is 13.0. The highest BCUT2D eigenvalue weighted by atomic mass is 79.9. The number of amides is 1. The van der Waals surface area contributed by atoms with Crippen molar-refractivity contribution in [3.8, 4) is 5.75 Å². The summed E-state index contributed by atoms with van der Waals surface area (Å²) in [6, 6.07) is 23.8. The van der Waals surface area contributed by atoms with Crippen molar-refractivity contribution in [2.45, 2.75) is 20.5 Å². The summed E-state index contributed by atoms with van der Waals surface area (Å²) in [7, 11) is 0. The summed E-state index contributed by atoms with van der Waals surface area (Å²) < 4.78 is 7.11. The second-order valence-corrected chi connectivity index (χ2v) is 9.27. The molecule has 1 fully saturated rings. The van der Waals surface area contributed by atoms with E-state index < -0.39 is 0 Å². The number of aryl methyl sites for hydroxylation is 1. The van der Waals surface area contributed by atoms with Gasteiger partial charge in [-0.05, 0) is 67.6 Å². The summed E-state index contributed by atoms with van der Waals surface area (Å²) in [5.41, 5.74) is 3.96. The Labute approximate surface area is 201 Å². The zero-order valence-corrected chi connectivity index (χ0v) is 20.3. The third kappa shape index (κ3) is 5.31. The molecule has 162 valence electrons. The summed E-state index contributed by atoms with van der Waals surface area (Å²) in [6.07, 6.45) is 1.89. The molecule has 4 rings (SSSR count). The minimum Gasteiger partial charge on any atom is -0.488 e. The number of hydrogen-bond acceptors (Lipinski definition) is 4. The van der Waals surface area contributed by atoms with Crippen molar-refractivity contribution in [2.75, 3.05) is 6.54 Å². The maximum atomic E-state index is 13.0. The van der Waals surface area contributed by atoms with Gasteiger partial charge in [0.1, 0.15) is 12.4 Å². The number of carbonyl (C=O) groups excluding carboxylic acids is 1. The maximum Gasteiger partial charge on any atom is 0.266 e. The molecule has 3 aromatic carbocycles. The molecule has 0 radical (unpaired) electrons. The number of para-hydroxylation sites is 1. The van der Waals surface area contributed by atoms with Gasteiger partial charge in [0.25, 0.3) is 5.91 Å². The lowest BCUT2D eigenvalue weighted by Crippen LogP contribution is -2.28. The molecule has 4 nitrogen and oxygen atoms in total. The van der Waals surface area contributed by atoms with Crippen LogP contribution in [-0.4, -0.2) is 22.5 Å². The van der Waals surface area contributed by atoms with Gasteiger partial charge in [-0.2, -0.15) is 0 Å². The molecular weight excluding hydrogens is 484 g/mol. The second kappa shape index (κ2) is 10.2. The average Bonchev–Trinajstić information content (AvgIpc) is 3.09. The van der Waals surface area contributed by atoms with Crippen LogP contribution in [0.15, 0.2) is 87.2 Å². The quantitative estimate of drug-likeness (QED) is 0.339. The van der Waals surface area contributed by atoms with Gasteiger partial charge >= 0.3 is 0 Å². The molecule has 0 spiro atoms. The molecule has 1 saturated heterocycles. The normalized spacial score (nSPS) is 16.2. The number of carbonyl (C=O) groups is 1. The van der Waals surface area contributed by atoms with Crippen molar-refractivity contribution in [1.29, 1.82) is 0 Å². The lowest BCUT2D eigenvalue weighted by molar-refractivity contribution is -0.122. The number of aliphatic imine (C=N–C) groups is 1. The minimum absolute atomic E-state index is 0.0360. The second-order valence-electron chi connectivity index (χ2n) is 7.34. The van der Waals surface area contributed by atoms with Crippen LogP contribution in [-0.2, 0) is 11.4 Å². The highest BCUT2D eigenvalue weighted by molar-refractivity contribution is 9.10. The average molecular weight is 507 g/mol. The third-order valence-electron chi connectivity index (χ3n) is 4.98. The van der Waals surface area contributed by atoms with E-state index in [1.54, 1.807) is 4.90 Å². The standard InChI is InChI=1S/C26H23BrN2O2S/c1-3-29-25(30)24(32-26(29)28-22-14-8-18(2)9-15-22)16-20-6-4-5-7-23(20)31-17-19-10-12-21(27)13-11-19/h4-16H,3,17H2,1-2H3/b24-16+,28-26?. The van der Waals surface area contributed by atoms with Crippen molar-refractivity contribution >= 4 is 50.5 Å². The number of rotatable bonds is 6. The van der Waals surface area contributed by atoms with E-state index in [2.05, 4.69) is 15.9 Å². The van der Waals surface area contributed by atoms with Crippen LogP contribution in [0.25, 0.3) is 6.08 Å². The molecule has 32 heavy (non-hydrogen) atoms. The van der Waals surface area contributed by atoms with Crippen LogP contribution in [0.4, 0.5) is 5.69 Å². The Morgan fingerprint density at radius 2 is 1.75 bits per heavy atom. The molecule has 0 aliphatic carbocycles. The fraction of sp³-hybridized carbons (Fsp3) is 0.154. The molecule has 0 saturated carbocycles. The van der Waals surface area contributed by atoms with Gasteiger partial charge in [0.2, 0.25) is 0 Å². The molecule has 1 heterocycles. The number of halogens is 1. The summed E-state index contributed by atoms with van der Waals surface area (Å²) in [5, 5.41) is 0.695. The highest BCUT2D eigenvalue weighted by Crippen LogP contribution is 2.35. The summed E-state index contributed by atoms with van der Waals surface area (Å²) in [6.45, 7) is 5.02. The summed E-state index contributed by atoms with van der Waals surface area (Å²) in [5.74, 6) is 0.703. The Kier molecular flexibility index (Phi) is 7.12. The van der Waals surface area contributed by atoms with Gasteiger partial charge in [-0.15, -0.1) is 0 Å². The van der Waals surface area contributed by atoms with Gasteiger partial charge in [0, 0.05) is 16.6 Å². The summed E-state index contributed by atoms with van der Waals surface area (Å²) >= 11 is 4.85. The number of nitrogens with zero attached hydrogens (tertiary/aromatic N) is 2. The molecule has 1 amide bonds. The third-order valence-corrected chi connectivity index (χ3v) is 6.51. The van der Waals surface area contributed by atoms with E-state index in [0.29, 0.717) is 23.2 Å². The Morgan fingerprint density at radius 3 is 2.47 bits per heavy atom. The highest BCUT2D eigenvalue weighted by Gasteiger charge is 2.32. The molecule has 0 atom stereocenters. The molecule has 0 bridgehead atoms. The van der Waals surface area contributed by atoms with Gasteiger partial charge in [-0.25, -0.2) is 4.99 Å². The zero-order valence-electron chi connectivity index (χ0n) is 17.9. The first kappa shape index (κ1) is 22.4. The lowest BCUT2D eigenvalue weighted by atomic mass is 10.1. The molecule has 0 N–H and O–H groups in total. The number of hydrogen-bond donors (Lipinski definition) is 0. The Hall–Kier alpha value is -2.83. The zero-order chi connectivity index (χ0) is 22.5. The van der Waals surface area contributed by atoms with Crippen molar-refractivity contribution < 1.29 is 9.53 Å². The lowest BCUT2D eigenvalue weighted by Gasteiger charge is -2.12. The Balaban J connectivity index is 1.57. The van der Waals surface area contributed by atoms with Crippen molar-refractivity contribution in [1.82, 2.24) is 4.90 Å². The molecule has 6 heteroatoms. The fourth-order valence-electron chi connectivity index (χ4n) is 3.21. The first-order valence-corrected chi connectivity index (χ1v) is 12.0. The molecular formula is C26H23BrN2O2S. The number of thioether (sulfide) groups is 1. The summed E-state index contributed by atoms with van der Waals surface area (Å²) in [4.78, 5) is 20.1. The van der Waals surface area contributed by atoms with Gasteiger partial charge in [-0.3, -0.25) is 9.69 Å². The monoisotopic (exact) mass is 506 g/mol. The van der Waals surface area contributed by atoms with Crippen LogP contribution in [0, 0.1) is 6.92 Å². The predicted molar refractivity (Wildman–Crippen MR) is 136 cm³/mol. The van der Waals surface area contributed by atoms with E-state index in [4.69, 9.17) is 9.73 Å². The predicted octanol–water partition coefficient (Wildman–Crippen LogP) is 6.96. The first-order valence-electron chi connectivity index (χ1n) is 10.4. The Morgan fingerprint density at radius 1 is 1.03 bits per heavy atom. The van der Waals surface area contributed by atoms with Crippen LogP contribution in [0.3, 0.4) is 0 Å². The van der Waals surface area contributed by atoms with Gasteiger partial charge in [-0.1, -0.05) is 64.0 Å². The van der Waals surface area contributed by atoms with E-state index in [9.17, 15) is 4.79 Å². The first-order chi connectivity index (χ1) is 15.5. The molecule has 3 aromatic rings. The number of likely N-dealkylation sites (N-methyl/N-ethyl adjacent to an activating group) is 1. The molecule has 0 unspecified atom stereocenters. The minimum atomic E-state index is -0.0360. The van der Waals surface area contributed by atoms with Crippen LogP contribution in [0.5, 0.6) is 5.75 Å². The molecule has 0 aromatic heterocycles. The van der Waals surface area contributed by atoms with Gasteiger partial charge in [0.15, 0.2) is 5.17 Å². The number of benzene rings is 3. The van der Waals surface area contributed by atoms with E-state index >= 15 is 0 Å². The SMILES string of the molecule is CCN1C(=O)/C(=C\c2ccccc2OCc2ccc(Br)cc2)SC1=Nc1ccc(C)cc1. The molecule has 1 aliphatic rings. The van der Waals surface area contributed by atoms with Crippen molar-refractivity contribution in [3.05, 3.63) is 98.9 Å². The molecule has 1 aliphatic heterocycles. The number of ether oxygens (including phenoxy) is 1. The fourth-order valence-corrected chi connectivity index (χ4v) is 4.53. The number of amidine groups is 1. The van der Waals surface area contributed by atoms with Crippen LogP contribution in [0.2, 0.25) is 0 Å². The van der Waals surface area contributed by atoms with E-state index in [-0.39, 0.29) is 5.91 Å². The van der Waals surface area contributed by atoms with Crippen molar-refractivity contribution in [3.63, 3.8) is 0 Å². The van der Waals surface area contributed by atoms with Crippen LogP contribution < -0.4 is 4.74 Å². The van der Waals surface area contributed by atoms with Gasteiger partial charge in [0.05, 0.1) is 10.6 Å². The van der Waals surface area contributed by atoms with E-state index in [1.165, 1.54) is 17.3 Å². The van der Waals surface area contributed by atoms with Crippen LogP contribution >= 0.6 is 27.7 Å². The van der Waals surface area contributed by atoms with E-state index in [1.807, 2.05) is 92.7 Å². The smallest absolute Gasteiger partial charge is 0.266 e.